The van der Waals surface area contributed by atoms with Crippen LogP contribution in [0.2, 0.25) is 0 Å². The van der Waals surface area contributed by atoms with E-state index in [0.29, 0.717) is 5.78 Å². The highest BCUT2D eigenvalue weighted by molar-refractivity contribution is 5.94. The van der Waals surface area contributed by atoms with E-state index in [-0.39, 0.29) is 10.8 Å². The third-order valence-corrected chi connectivity index (χ3v) is 4.15. The number of carbonyl (C=O) groups is 1. The summed E-state index contributed by atoms with van der Waals surface area (Å²) in [6.45, 7) is 6.15. The molecule has 0 atom stereocenters. The predicted octanol–water partition coefficient (Wildman–Crippen LogP) is 4.50. The number of carbonyl (C=O) groups excluding carboxylic acids is 1. The van der Waals surface area contributed by atoms with E-state index in [4.69, 9.17) is 0 Å². The lowest BCUT2D eigenvalue weighted by Gasteiger charge is -2.40. The lowest BCUT2D eigenvalue weighted by Crippen LogP contribution is -2.44. The van der Waals surface area contributed by atoms with Crippen LogP contribution in [0.25, 0.3) is 0 Å². The summed E-state index contributed by atoms with van der Waals surface area (Å²) in [4.78, 5) is 12.9. The van der Waals surface area contributed by atoms with Gasteiger partial charge in [0, 0.05) is 5.41 Å². The topological polar surface area (TPSA) is 17.1 Å². The number of hydrogen-bond donors (Lipinski definition) is 0. The Morgan fingerprint density at radius 2 is 1.56 bits per heavy atom. The van der Waals surface area contributed by atoms with Gasteiger partial charge in [-0.15, -0.1) is 0 Å². The van der Waals surface area contributed by atoms with Crippen LogP contribution in [-0.2, 0) is 10.2 Å². The van der Waals surface area contributed by atoms with Crippen molar-refractivity contribution in [3.05, 3.63) is 35.9 Å². The number of hydrogen-bond acceptors (Lipinski definition) is 1. The average molecular weight is 244 g/mol. The number of Topliss-reactive ketones (excluding diaryl/α,β-unsaturated/α-hetero) is 1. The second-order valence-corrected chi connectivity index (χ2v) is 6.59. The van der Waals surface area contributed by atoms with Gasteiger partial charge in [-0.05, 0) is 18.4 Å². The van der Waals surface area contributed by atoms with Gasteiger partial charge in [-0.25, -0.2) is 0 Å². The Hall–Kier alpha value is -1.11. The highest BCUT2D eigenvalue weighted by Crippen LogP contribution is 2.44. The van der Waals surface area contributed by atoms with Gasteiger partial charge >= 0.3 is 0 Å². The quantitative estimate of drug-likeness (QED) is 0.748. The molecule has 0 N–H and O–H groups in total. The third kappa shape index (κ3) is 2.36. The molecule has 1 aliphatic rings. The number of ketones is 1. The van der Waals surface area contributed by atoms with E-state index in [1.807, 2.05) is 6.07 Å². The maximum Gasteiger partial charge on any atom is 0.148 e. The Morgan fingerprint density at radius 3 is 2.06 bits per heavy atom. The molecule has 0 unspecified atom stereocenters. The zero-order valence-corrected chi connectivity index (χ0v) is 11.8. The van der Waals surface area contributed by atoms with Gasteiger partial charge in [-0.1, -0.05) is 70.4 Å². The minimum absolute atomic E-state index is 0.224. The van der Waals surface area contributed by atoms with E-state index in [9.17, 15) is 4.79 Å². The second kappa shape index (κ2) is 4.87. The molecule has 18 heavy (non-hydrogen) atoms. The molecule has 0 saturated heterocycles. The average Bonchev–Trinajstić information content (AvgIpc) is 2.39. The van der Waals surface area contributed by atoms with E-state index in [0.717, 1.165) is 12.8 Å². The summed E-state index contributed by atoms with van der Waals surface area (Å²) < 4.78 is 0. The molecule has 1 heteroatoms. The van der Waals surface area contributed by atoms with Crippen molar-refractivity contribution in [1.82, 2.24) is 0 Å². The molecule has 0 heterocycles. The molecular formula is C17H24O. The van der Waals surface area contributed by atoms with Gasteiger partial charge in [-0.2, -0.15) is 0 Å². The van der Waals surface area contributed by atoms with Crippen LogP contribution < -0.4 is 0 Å². The Labute approximate surface area is 111 Å². The zero-order valence-electron chi connectivity index (χ0n) is 11.8. The smallest absolute Gasteiger partial charge is 0.148 e. The summed E-state index contributed by atoms with van der Waals surface area (Å²) in [6, 6.07) is 10.4. The zero-order chi connectivity index (χ0) is 13.2. The molecule has 0 aliphatic heterocycles. The van der Waals surface area contributed by atoms with Crippen molar-refractivity contribution in [2.75, 3.05) is 0 Å². The fourth-order valence-corrected chi connectivity index (χ4v) is 3.28. The molecule has 1 fully saturated rings. The minimum Gasteiger partial charge on any atom is -0.298 e. The van der Waals surface area contributed by atoms with Crippen LogP contribution in [0.4, 0.5) is 0 Å². The lowest BCUT2D eigenvalue weighted by atomic mass is 9.61. The van der Waals surface area contributed by atoms with Gasteiger partial charge < -0.3 is 0 Å². The summed E-state index contributed by atoms with van der Waals surface area (Å²) >= 11 is 0. The van der Waals surface area contributed by atoms with E-state index < -0.39 is 0 Å². The molecule has 1 saturated carbocycles. The van der Waals surface area contributed by atoms with Crippen LogP contribution in [-0.4, -0.2) is 5.78 Å². The highest BCUT2D eigenvalue weighted by atomic mass is 16.1. The Kier molecular flexibility index (Phi) is 3.61. The predicted molar refractivity (Wildman–Crippen MR) is 75.7 cm³/mol. The van der Waals surface area contributed by atoms with Crippen LogP contribution in [0, 0.1) is 5.41 Å². The van der Waals surface area contributed by atoms with Crippen LogP contribution >= 0.6 is 0 Å². The van der Waals surface area contributed by atoms with Gasteiger partial charge in [0.05, 0.1) is 5.41 Å². The van der Waals surface area contributed by atoms with Gasteiger partial charge in [0.15, 0.2) is 0 Å². The summed E-state index contributed by atoms with van der Waals surface area (Å²) in [5, 5.41) is 0. The maximum atomic E-state index is 12.9. The fourth-order valence-electron chi connectivity index (χ4n) is 3.28. The molecule has 1 aliphatic carbocycles. The SMILES string of the molecule is CC(C)(C)C(=O)C1(c2ccccc2)CCCCC1. The molecule has 0 radical (unpaired) electrons. The summed E-state index contributed by atoms with van der Waals surface area (Å²) in [7, 11) is 0. The van der Waals surface area contributed by atoms with E-state index >= 15 is 0 Å². The van der Waals surface area contributed by atoms with Crippen molar-refractivity contribution in [2.45, 2.75) is 58.3 Å². The fraction of sp³-hybridized carbons (Fsp3) is 0.588. The number of benzene rings is 1. The normalized spacial score (nSPS) is 19.5. The summed E-state index contributed by atoms with van der Waals surface area (Å²) in [5.74, 6) is 0.418. The van der Waals surface area contributed by atoms with Crippen molar-refractivity contribution < 1.29 is 4.79 Å². The molecule has 0 amide bonds. The van der Waals surface area contributed by atoms with Crippen LogP contribution in [0.1, 0.15) is 58.4 Å². The van der Waals surface area contributed by atoms with Crippen molar-refractivity contribution in [3.63, 3.8) is 0 Å². The van der Waals surface area contributed by atoms with E-state index in [1.54, 1.807) is 0 Å². The first-order valence-corrected chi connectivity index (χ1v) is 7.07. The first kappa shape index (κ1) is 13.3. The van der Waals surface area contributed by atoms with E-state index in [1.165, 1.54) is 24.8 Å². The number of rotatable bonds is 2. The van der Waals surface area contributed by atoms with Crippen LogP contribution in [0.15, 0.2) is 30.3 Å². The first-order valence-electron chi connectivity index (χ1n) is 7.07. The Bertz CT molecular complexity index is 405. The molecule has 0 bridgehead atoms. The largest absolute Gasteiger partial charge is 0.298 e. The monoisotopic (exact) mass is 244 g/mol. The van der Waals surface area contributed by atoms with E-state index in [2.05, 4.69) is 45.0 Å². The minimum atomic E-state index is -0.257. The molecule has 0 aromatic heterocycles. The summed E-state index contributed by atoms with van der Waals surface area (Å²) in [6.07, 6.45) is 5.67. The Morgan fingerprint density at radius 1 is 1.00 bits per heavy atom. The van der Waals surface area contributed by atoms with Crippen molar-refractivity contribution in [1.29, 1.82) is 0 Å². The molecule has 1 nitrogen and oxygen atoms in total. The Balaban J connectivity index is 2.44. The maximum absolute atomic E-state index is 12.9. The summed E-state index contributed by atoms with van der Waals surface area (Å²) in [5.41, 5.74) is 0.745. The van der Waals surface area contributed by atoms with Crippen molar-refractivity contribution in [3.8, 4) is 0 Å². The molecule has 1 aromatic rings. The van der Waals surface area contributed by atoms with Gasteiger partial charge in [0.2, 0.25) is 0 Å². The van der Waals surface area contributed by atoms with Crippen molar-refractivity contribution in [2.24, 2.45) is 5.41 Å². The van der Waals surface area contributed by atoms with Crippen LogP contribution in [0.5, 0.6) is 0 Å². The van der Waals surface area contributed by atoms with Crippen LogP contribution in [0.3, 0.4) is 0 Å². The molecule has 98 valence electrons. The molecular weight excluding hydrogens is 220 g/mol. The molecule has 0 spiro atoms. The van der Waals surface area contributed by atoms with Gasteiger partial charge in [-0.3, -0.25) is 4.79 Å². The van der Waals surface area contributed by atoms with Crippen molar-refractivity contribution >= 4 is 5.78 Å². The highest BCUT2D eigenvalue weighted by Gasteiger charge is 2.45. The molecule has 2 rings (SSSR count). The third-order valence-electron chi connectivity index (χ3n) is 4.15. The second-order valence-electron chi connectivity index (χ2n) is 6.59. The van der Waals surface area contributed by atoms with Gasteiger partial charge in [0.25, 0.3) is 0 Å². The first-order chi connectivity index (χ1) is 8.47. The lowest BCUT2D eigenvalue weighted by molar-refractivity contribution is -0.133. The molecule has 1 aromatic carbocycles. The van der Waals surface area contributed by atoms with Gasteiger partial charge in [0.1, 0.15) is 5.78 Å². The standard InChI is InChI=1S/C17H24O/c1-16(2,3)15(18)17(12-8-5-9-13-17)14-10-6-4-7-11-14/h4,6-7,10-11H,5,8-9,12-13H2,1-3H3.